The van der Waals surface area contributed by atoms with Gasteiger partial charge in [0.1, 0.15) is 0 Å². The lowest BCUT2D eigenvalue weighted by atomic mass is 9.45. The first-order chi connectivity index (χ1) is 11.7. The van der Waals surface area contributed by atoms with Crippen LogP contribution in [0.1, 0.15) is 78.6 Å². The largest absolute Gasteiger partial charge is 0.433 e. The molecule has 0 aliphatic heterocycles. The van der Waals surface area contributed by atoms with Gasteiger partial charge in [-0.25, -0.2) is 0 Å². The molecule has 0 spiro atoms. The maximum absolute atomic E-state index is 11.4. The Morgan fingerprint density at radius 1 is 0.960 bits per heavy atom. The quantitative estimate of drug-likeness (QED) is 0.560. The van der Waals surface area contributed by atoms with Crippen molar-refractivity contribution in [2.45, 2.75) is 90.4 Å². The zero-order valence-electron chi connectivity index (χ0n) is 16.0. The van der Waals surface area contributed by atoms with Crippen LogP contribution in [0.25, 0.3) is 0 Å². The van der Waals surface area contributed by atoms with Gasteiger partial charge >= 0.3 is 5.97 Å². The average molecular weight is 350 g/mol. The predicted octanol–water partition coefficient (Wildman–Crippen LogP) is 3.64. The Labute approximate surface area is 151 Å². The molecule has 4 fully saturated rings. The third kappa shape index (κ3) is 2.58. The minimum Gasteiger partial charge on any atom is -0.433 e. The van der Waals surface area contributed by atoms with Gasteiger partial charge in [-0.15, -0.1) is 0 Å². The third-order valence-electron chi connectivity index (χ3n) is 8.97. The van der Waals surface area contributed by atoms with Crippen LogP contribution in [0.2, 0.25) is 0 Å². The van der Waals surface area contributed by atoms with Crippen molar-refractivity contribution in [3.8, 4) is 0 Å². The lowest BCUT2D eigenvalue weighted by molar-refractivity contribution is -0.250. The van der Waals surface area contributed by atoms with Gasteiger partial charge < -0.3 is 14.9 Å². The second-order valence-electron chi connectivity index (χ2n) is 10.0. The van der Waals surface area contributed by atoms with E-state index in [1.165, 1.54) is 26.2 Å². The molecule has 0 aromatic carbocycles. The van der Waals surface area contributed by atoms with Crippen LogP contribution in [-0.2, 0) is 9.53 Å². The standard InChI is InChI=1S/C21H34O4/c1-13(22)25-21(24)11-10-19(2)14(12-21)4-5-15-16-6-7-18(23)20(16,3)9-8-17(15)19/h14-18,23-24H,4-12H2,1-3H3/t14?,15-,16-,17-,18-,19-,20-,21-/m0/s1. The zero-order chi connectivity index (χ0) is 18.0. The van der Waals surface area contributed by atoms with Crippen molar-refractivity contribution in [1.82, 2.24) is 0 Å². The molecular formula is C21H34O4. The van der Waals surface area contributed by atoms with Crippen LogP contribution in [0.4, 0.5) is 0 Å². The van der Waals surface area contributed by atoms with E-state index in [0.29, 0.717) is 30.6 Å². The summed E-state index contributed by atoms with van der Waals surface area (Å²) in [5, 5.41) is 21.3. The second-order valence-corrected chi connectivity index (χ2v) is 10.0. The normalized spacial score (nSPS) is 55.0. The molecule has 0 aromatic heterocycles. The zero-order valence-corrected chi connectivity index (χ0v) is 16.0. The number of ether oxygens (including phenoxy) is 1. The Kier molecular flexibility index (Phi) is 4.05. The third-order valence-corrected chi connectivity index (χ3v) is 8.97. The summed E-state index contributed by atoms with van der Waals surface area (Å²) in [5.41, 5.74) is 0.363. The fraction of sp³-hybridized carbons (Fsp3) is 0.952. The Morgan fingerprint density at radius 2 is 1.68 bits per heavy atom. The van der Waals surface area contributed by atoms with Gasteiger partial charge in [0.2, 0.25) is 5.79 Å². The number of esters is 1. The van der Waals surface area contributed by atoms with Crippen molar-refractivity contribution in [2.75, 3.05) is 0 Å². The van der Waals surface area contributed by atoms with E-state index in [4.69, 9.17) is 4.74 Å². The monoisotopic (exact) mass is 350 g/mol. The van der Waals surface area contributed by atoms with Gasteiger partial charge in [-0.3, -0.25) is 4.79 Å². The molecule has 1 unspecified atom stereocenters. The molecule has 0 radical (unpaired) electrons. The van der Waals surface area contributed by atoms with Crippen molar-refractivity contribution < 1.29 is 19.7 Å². The molecule has 8 atom stereocenters. The van der Waals surface area contributed by atoms with Gasteiger partial charge in [0.05, 0.1) is 6.10 Å². The number of aliphatic hydroxyl groups is 2. The maximum Gasteiger partial charge on any atom is 0.305 e. The highest BCUT2D eigenvalue weighted by Crippen LogP contribution is 2.66. The second kappa shape index (κ2) is 5.69. The summed E-state index contributed by atoms with van der Waals surface area (Å²) >= 11 is 0. The Hall–Kier alpha value is -0.610. The predicted molar refractivity (Wildman–Crippen MR) is 94.4 cm³/mol. The van der Waals surface area contributed by atoms with Crippen molar-refractivity contribution in [1.29, 1.82) is 0 Å². The van der Waals surface area contributed by atoms with Gasteiger partial charge in [0.25, 0.3) is 0 Å². The molecule has 4 aliphatic rings. The smallest absolute Gasteiger partial charge is 0.305 e. The minimum atomic E-state index is -1.25. The molecule has 0 aromatic rings. The molecule has 142 valence electrons. The van der Waals surface area contributed by atoms with Gasteiger partial charge in [0.15, 0.2) is 0 Å². The van der Waals surface area contributed by atoms with E-state index in [9.17, 15) is 15.0 Å². The number of aliphatic hydroxyl groups excluding tert-OH is 1. The summed E-state index contributed by atoms with van der Waals surface area (Å²) in [5.74, 6) is 0.868. The summed E-state index contributed by atoms with van der Waals surface area (Å²) in [7, 11) is 0. The molecule has 0 bridgehead atoms. The highest BCUT2D eigenvalue weighted by atomic mass is 16.7. The van der Waals surface area contributed by atoms with Crippen LogP contribution >= 0.6 is 0 Å². The molecular weight excluding hydrogens is 316 g/mol. The first-order valence-corrected chi connectivity index (χ1v) is 10.3. The Bertz CT molecular complexity index is 562. The highest BCUT2D eigenvalue weighted by molar-refractivity contribution is 5.66. The molecule has 4 saturated carbocycles. The van der Waals surface area contributed by atoms with E-state index in [1.807, 2.05) is 0 Å². The summed E-state index contributed by atoms with van der Waals surface area (Å²) in [6, 6.07) is 0. The van der Waals surface area contributed by atoms with Gasteiger partial charge in [-0.05, 0) is 79.4 Å². The van der Waals surface area contributed by atoms with E-state index in [1.54, 1.807) is 0 Å². The molecule has 4 rings (SSSR count). The SMILES string of the molecule is CC(=O)O[C@@]1(O)CC[C@@]2(C)C(CC[C@H]3[C@@H]4CC[C@H](O)[C@@]4(C)CC[C@@H]32)C1. The summed E-state index contributed by atoms with van der Waals surface area (Å²) in [6.07, 6.45) is 8.78. The van der Waals surface area contributed by atoms with Crippen LogP contribution in [0, 0.1) is 34.5 Å². The molecule has 4 aliphatic carbocycles. The number of hydrogen-bond donors (Lipinski definition) is 2. The number of fused-ring (bicyclic) bond motifs is 5. The topological polar surface area (TPSA) is 66.8 Å². The molecule has 4 nitrogen and oxygen atoms in total. The van der Waals surface area contributed by atoms with Crippen LogP contribution in [-0.4, -0.2) is 28.1 Å². The number of rotatable bonds is 1. The number of carbonyl (C=O) groups excluding carboxylic acids is 1. The maximum atomic E-state index is 11.4. The van der Waals surface area contributed by atoms with Crippen molar-refractivity contribution in [2.24, 2.45) is 34.5 Å². The first-order valence-electron chi connectivity index (χ1n) is 10.3. The number of hydrogen-bond acceptors (Lipinski definition) is 4. The Balaban J connectivity index is 1.56. The van der Waals surface area contributed by atoms with E-state index in [-0.39, 0.29) is 22.9 Å². The van der Waals surface area contributed by atoms with E-state index < -0.39 is 5.79 Å². The lowest BCUT2D eigenvalue weighted by Gasteiger charge is -2.61. The van der Waals surface area contributed by atoms with E-state index in [2.05, 4.69) is 13.8 Å². The van der Waals surface area contributed by atoms with Crippen molar-refractivity contribution in [3.05, 3.63) is 0 Å². The molecule has 4 heteroatoms. The van der Waals surface area contributed by atoms with Gasteiger partial charge in [0, 0.05) is 19.8 Å². The fourth-order valence-corrected chi connectivity index (χ4v) is 7.54. The lowest BCUT2D eigenvalue weighted by Crippen LogP contribution is -2.56. The van der Waals surface area contributed by atoms with Crippen molar-refractivity contribution >= 4 is 5.97 Å². The summed E-state index contributed by atoms with van der Waals surface area (Å²) in [4.78, 5) is 11.4. The van der Waals surface area contributed by atoms with E-state index >= 15 is 0 Å². The van der Waals surface area contributed by atoms with Crippen LogP contribution < -0.4 is 0 Å². The molecule has 25 heavy (non-hydrogen) atoms. The Morgan fingerprint density at radius 3 is 2.40 bits per heavy atom. The average Bonchev–Trinajstić information content (AvgIpc) is 2.83. The van der Waals surface area contributed by atoms with Gasteiger partial charge in [-0.1, -0.05) is 13.8 Å². The van der Waals surface area contributed by atoms with E-state index in [0.717, 1.165) is 31.6 Å². The molecule has 0 heterocycles. The number of carbonyl (C=O) groups is 1. The fourth-order valence-electron chi connectivity index (χ4n) is 7.54. The van der Waals surface area contributed by atoms with Crippen LogP contribution in [0.15, 0.2) is 0 Å². The first kappa shape index (κ1) is 17.8. The highest BCUT2D eigenvalue weighted by Gasteiger charge is 2.61. The van der Waals surface area contributed by atoms with Crippen LogP contribution in [0.3, 0.4) is 0 Å². The summed E-state index contributed by atoms with van der Waals surface area (Å²) < 4.78 is 5.29. The molecule has 0 saturated heterocycles. The molecule has 2 N–H and O–H groups in total. The van der Waals surface area contributed by atoms with Crippen molar-refractivity contribution in [3.63, 3.8) is 0 Å². The molecule has 0 amide bonds. The summed E-state index contributed by atoms with van der Waals surface area (Å²) in [6.45, 7) is 6.13. The minimum absolute atomic E-state index is 0.121. The van der Waals surface area contributed by atoms with Crippen LogP contribution in [0.5, 0.6) is 0 Å². The van der Waals surface area contributed by atoms with Gasteiger partial charge in [-0.2, -0.15) is 0 Å².